The molecule has 24 heavy (non-hydrogen) atoms. The van der Waals surface area contributed by atoms with Gasteiger partial charge in [0.25, 0.3) is 5.91 Å². The first-order valence-electron chi connectivity index (χ1n) is 8.71. The highest BCUT2D eigenvalue weighted by atomic mass is 16.4. The summed E-state index contributed by atoms with van der Waals surface area (Å²) in [6.45, 7) is 7.52. The van der Waals surface area contributed by atoms with Crippen LogP contribution in [-0.2, 0) is 4.79 Å². The van der Waals surface area contributed by atoms with Crippen molar-refractivity contribution in [2.24, 2.45) is 5.41 Å². The SMILES string of the molecule is Cc1oc(C(C)C)cc1C(=O)N1CC[C@H]2NCCC[C@]2(C(=O)O)C1. The smallest absolute Gasteiger partial charge is 0.313 e. The molecule has 2 N–H and O–H groups in total. The molecule has 6 heteroatoms. The van der Waals surface area contributed by atoms with E-state index in [0.717, 1.165) is 18.7 Å². The van der Waals surface area contributed by atoms with Gasteiger partial charge in [0, 0.05) is 25.0 Å². The summed E-state index contributed by atoms with van der Waals surface area (Å²) in [5, 5.41) is 13.2. The summed E-state index contributed by atoms with van der Waals surface area (Å²) in [7, 11) is 0. The van der Waals surface area contributed by atoms with Gasteiger partial charge < -0.3 is 19.7 Å². The number of carbonyl (C=O) groups excluding carboxylic acids is 1. The van der Waals surface area contributed by atoms with Crippen molar-refractivity contribution in [2.75, 3.05) is 19.6 Å². The quantitative estimate of drug-likeness (QED) is 0.887. The van der Waals surface area contributed by atoms with Crippen LogP contribution in [0.1, 0.15) is 60.9 Å². The molecule has 1 aromatic rings. The van der Waals surface area contributed by atoms with E-state index in [4.69, 9.17) is 4.42 Å². The molecular weight excluding hydrogens is 308 g/mol. The van der Waals surface area contributed by atoms with Crippen LogP contribution in [-0.4, -0.2) is 47.6 Å². The predicted octanol–water partition coefficient (Wildman–Crippen LogP) is 2.38. The summed E-state index contributed by atoms with van der Waals surface area (Å²) >= 11 is 0. The summed E-state index contributed by atoms with van der Waals surface area (Å²) in [5.41, 5.74) is -0.313. The zero-order chi connectivity index (χ0) is 17.5. The van der Waals surface area contributed by atoms with E-state index >= 15 is 0 Å². The number of piperidine rings is 2. The zero-order valence-corrected chi connectivity index (χ0v) is 14.6. The van der Waals surface area contributed by atoms with Crippen LogP contribution >= 0.6 is 0 Å². The Morgan fingerprint density at radius 1 is 1.46 bits per heavy atom. The van der Waals surface area contributed by atoms with Crippen LogP contribution in [0.2, 0.25) is 0 Å². The van der Waals surface area contributed by atoms with Gasteiger partial charge >= 0.3 is 5.97 Å². The number of fused-ring (bicyclic) bond motifs is 1. The fraction of sp³-hybridized carbons (Fsp3) is 0.667. The molecule has 0 unspecified atom stereocenters. The Labute approximate surface area is 142 Å². The minimum atomic E-state index is -0.870. The topological polar surface area (TPSA) is 82.8 Å². The number of nitrogens with zero attached hydrogens (tertiary/aromatic N) is 1. The highest BCUT2D eigenvalue weighted by Crippen LogP contribution is 2.38. The molecule has 3 rings (SSSR count). The summed E-state index contributed by atoms with van der Waals surface area (Å²) in [5.74, 6) is 0.690. The van der Waals surface area contributed by atoms with E-state index in [1.807, 2.05) is 13.8 Å². The van der Waals surface area contributed by atoms with E-state index in [1.54, 1.807) is 17.9 Å². The number of aliphatic carboxylic acids is 1. The normalized spacial score (nSPS) is 27.2. The molecule has 1 aromatic heterocycles. The molecule has 2 aliphatic rings. The third-order valence-corrected chi connectivity index (χ3v) is 5.47. The third-order valence-electron chi connectivity index (χ3n) is 5.47. The van der Waals surface area contributed by atoms with Crippen molar-refractivity contribution in [3.63, 3.8) is 0 Å². The monoisotopic (exact) mass is 334 g/mol. The van der Waals surface area contributed by atoms with Gasteiger partial charge in [-0.1, -0.05) is 13.8 Å². The number of furan rings is 1. The van der Waals surface area contributed by atoms with Gasteiger partial charge in [0.15, 0.2) is 0 Å². The second-order valence-electron chi connectivity index (χ2n) is 7.36. The molecule has 1 amide bonds. The van der Waals surface area contributed by atoms with Crippen LogP contribution in [0, 0.1) is 12.3 Å². The van der Waals surface area contributed by atoms with Crippen molar-refractivity contribution in [1.29, 1.82) is 0 Å². The van der Waals surface area contributed by atoms with Gasteiger partial charge in [0.05, 0.1) is 5.56 Å². The number of nitrogens with one attached hydrogen (secondary N) is 1. The molecule has 6 nitrogen and oxygen atoms in total. The lowest BCUT2D eigenvalue weighted by Gasteiger charge is -2.48. The number of carboxylic acids is 1. The zero-order valence-electron chi connectivity index (χ0n) is 14.6. The van der Waals surface area contributed by atoms with E-state index < -0.39 is 11.4 Å². The minimum absolute atomic E-state index is 0.0514. The molecule has 0 aromatic carbocycles. The lowest BCUT2D eigenvalue weighted by atomic mass is 9.70. The Hall–Kier alpha value is -1.82. The Kier molecular flexibility index (Phi) is 4.42. The van der Waals surface area contributed by atoms with Crippen LogP contribution in [0.5, 0.6) is 0 Å². The largest absolute Gasteiger partial charge is 0.481 e. The van der Waals surface area contributed by atoms with Crippen LogP contribution in [0.3, 0.4) is 0 Å². The number of hydrogen-bond donors (Lipinski definition) is 2. The van der Waals surface area contributed by atoms with E-state index in [2.05, 4.69) is 5.32 Å². The number of aryl methyl sites for hydroxylation is 1. The number of likely N-dealkylation sites (tertiary alicyclic amines) is 1. The number of carboxylic acid groups (broad SMARTS) is 1. The lowest BCUT2D eigenvalue weighted by molar-refractivity contribution is -0.156. The average Bonchev–Trinajstić information content (AvgIpc) is 2.95. The first-order chi connectivity index (χ1) is 11.3. The second kappa shape index (κ2) is 6.24. The number of rotatable bonds is 3. The van der Waals surface area contributed by atoms with E-state index in [9.17, 15) is 14.7 Å². The molecule has 0 saturated carbocycles. The fourth-order valence-corrected chi connectivity index (χ4v) is 3.99. The van der Waals surface area contributed by atoms with Crippen molar-refractivity contribution in [2.45, 2.75) is 52.0 Å². The Balaban J connectivity index is 1.85. The Bertz CT molecular complexity index is 651. The lowest BCUT2D eigenvalue weighted by Crippen LogP contribution is -2.63. The van der Waals surface area contributed by atoms with Crippen molar-refractivity contribution >= 4 is 11.9 Å². The Morgan fingerprint density at radius 3 is 2.83 bits per heavy atom. The van der Waals surface area contributed by atoms with Gasteiger partial charge in [-0.25, -0.2) is 0 Å². The standard InChI is InChI=1S/C18H26N2O4/c1-11(2)14-9-13(12(3)24-14)16(21)20-8-5-15-18(10-20,17(22)23)6-4-7-19-15/h9,11,15,19H,4-8,10H2,1-3H3,(H,22,23)/t15-,18+/m1/s1. The molecular formula is C18H26N2O4. The summed E-state index contributed by atoms with van der Waals surface area (Å²) in [4.78, 5) is 26.6. The fourth-order valence-electron chi connectivity index (χ4n) is 3.99. The van der Waals surface area contributed by atoms with E-state index in [0.29, 0.717) is 30.7 Å². The van der Waals surface area contributed by atoms with Gasteiger partial charge in [-0.15, -0.1) is 0 Å². The minimum Gasteiger partial charge on any atom is -0.481 e. The van der Waals surface area contributed by atoms with Crippen LogP contribution in [0.25, 0.3) is 0 Å². The first kappa shape index (κ1) is 17.0. The molecule has 2 atom stereocenters. The molecule has 0 aliphatic carbocycles. The number of amides is 1. The van der Waals surface area contributed by atoms with E-state index in [-0.39, 0.29) is 24.4 Å². The summed E-state index contributed by atoms with van der Waals surface area (Å²) in [6.07, 6.45) is 2.12. The third kappa shape index (κ3) is 2.73. The Morgan fingerprint density at radius 2 is 2.21 bits per heavy atom. The predicted molar refractivity (Wildman–Crippen MR) is 89.1 cm³/mol. The maximum atomic E-state index is 12.9. The molecule has 0 spiro atoms. The molecule has 132 valence electrons. The molecule has 0 bridgehead atoms. The van der Waals surface area contributed by atoms with Gasteiger partial charge in [-0.3, -0.25) is 9.59 Å². The van der Waals surface area contributed by atoms with Gasteiger partial charge in [-0.05, 0) is 38.8 Å². The highest BCUT2D eigenvalue weighted by molar-refractivity contribution is 5.96. The summed E-state index contributed by atoms with van der Waals surface area (Å²) in [6, 6.07) is 1.76. The van der Waals surface area contributed by atoms with Gasteiger partial charge in [0.1, 0.15) is 16.9 Å². The van der Waals surface area contributed by atoms with Crippen molar-refractivity contribution < 1.29 is 19.1 Å². The second-order valence-corrected chi connectivity index (χ2v) is 7.36. The van der Waals surface area contributed by atoms with Crippen molar-refractivity contribution in [1.82, 2.24) is 10.2 Å². The molecule has 0 radical (unpaired) electrons. The van der Waals surface area contributed by atoms with E-state index in [1.165, 1.54) is 0 Å². The van der Waals surface area contributed by atoms with Crippen molar-refractivity contribution in [3.05, 3.63) is 23.2 Å². The molecule has 2 fully saturated rings. The highest BCUT2D eigenvalue weighted by Gasteiger charge is 2.51. The molecule has 3 heterocycles. The first-order valence-corrected chi connectivity index (χ1v) is 8.71. The average molecular weight is 334 g/mol. The number of hydrogen-bond acceptors (Lipinski definition) is 4. The van der Waals surface area contributed by atoms with Crippen LogP contribution in [0.4, 0.5) is 0 Å². The van der Waals surface area contributed by atoms with Gasteiger partial charge in [-0.2, -0.15) is 0 Å². The maximum Gasteiger partial charge on any atom is 0.313 e. The van der Waals surface area contributed by atoms with Crippen LogP contribution < -0.4 is 5.32 Å². The van der Waals surface area contributed by atoms with Crippen LogP contribution in [0.15, 0.2) is 10.5 Å². The summed E-state index contributed by atoms with van der Waals surface area (Å²) < 4.78 is 5.69. The number of carbonyl (C=O) groups is 2. The molecule has 2 saturated heterocycles. The van der Waals surface area contributed by atoms with Crippen molar-refractivity contribution in [3.8, 4) is 0 Å². The van der Waals surface area contributed by atoms with Gasteiger partial charge in [0.2, 0.25) is 0 Å². The molecule has 2 aliphatic heterocycles. The maximum absolute atomic E-state index is 12.9.